The average Bonchev–Trinajstić information content (AvgIpc) is 2.85. The number of likely N-dealkylation sites (tertiary alicyclic amines) is 1. The van der Waals surface area contributed by atoms with Crippen molar-refractivity contribution in [2.75, 3.05) is 6.54 Å². The lowest BCUT2D eigenvalue weighted by atomic mass is 9.95. The van der Waals surface area contributed by atoms with Crippen molar-refractivity contribution in [3.8, 4) is 0 Å². The van der Waals surface area contributed by atoms with E-state index in [0.29, 0.717) is 6.04 Å². The van der Waals surface area contributed by atoms with Crippen LogP contribution in [0.5, 0.6) is 0 Å². The van der Waals surface area contributed by atoms with E-state index in [1.165, 1.54) is 18.9 Å². The van der Waals surface area contributed by atoms with E-state index in [9.17, 15) is 4.39 Å². The van der Waals surface area contributed by atoms with Gasteiger partial charge in [-0.3, -0.25) is 4.90 Å². The Kier molecular flexibility index (Phi) is 4.08. The van der Waals surface area contributed by atoms with Crippen LogP contribution in [0.4, 0.5) is 4.39 Å². The summed E-state index contributed by atoms with van der Waals surface area (Å²) in [6, 6.07) is 7.28. The molecular weight excluding hydrogens is 273 g/mol. The molecule has 5 heteroatoms. The zero-order chi connectivity index (χ0) is 13.9. The van der Waals surface area contributed by atoms with Crippen molar-refractivity contribution in [1.82, 2.24) is 15.1 Å². The van der Waals surface area contributed by atoms with Crippen molar-refractivity contribution in [1.29, 1.82) is 0 Å². The molecule has 0 saturated carbocycles. The second-order valence-corrected chi connectivity index (χ2v) is 6.52. The summed E-state index contributed by atoms with van der Waals surface area (Å²) < 4.78 is 13.4. The van der Waals surface area contributed by atoms with Crippen molar-refractivity contribution in [2.24, 2.45) is 0 Å². The van der Waals surface area contributed by atoms with Gasteiger partial charge in [0.05, 0.1) is 6.54 Å². The molecule has 2 heterocycles. The normalized spacial score (nSPS) is 20.2. The number of halogens is 1. The van der Waals surface area contributed by atoms with Crippen LogP contribution in [0.25, 0.3) is 0 Å². The van der Waals surface area contributed by atoms with Crippen LogP contribution in [-0.2, 0) is 6.54 Å². The summed E-state index contributed by atoms with van der Waals surface area (Å²) in [5, 5.41) is 10.3. The molecule has 0 amide bonds. The van der Waals surface area contributed by atoms with E-state index in [1.807, 2.05) is 13.0 Å². The summed E-state index contributed by atoms with van der Waals surface area (Å²) in [4.78, 5) is 2.40. The topological polar surface area (TPSA) is 29.0 Å². The van der Waals surface area contributed by atoms with E-state index in [1.54, 1.807) is 23.5 Å². The third-order valence-electron chi connectivity index (χ3n) is 3.75. The van der Waals surface area contributed by atoms with Gasteiger partial charge < -0.3 is 0 Å². The third-order valence-corrected chi connectivity index (χ3v) is 4.58. The first-order valence-corrected chi connectivity index (χ1v) is 7.82. The minimum atomic E-state index is -0.153. The Morgan fingerprint density at radius 1 is 1.35 bits per heavy atom. The minimum absolute atomic E-state index is 0.153. The van der Waals surface area contributed by atoms with Crippen LogP contribution in [0.1, 0.15) is 40.9 Å². The molecule has 1 atom stereocenters. The summed E-state index contributed by atoms with van der Waals surface area (Å²) >= 11 is 1.64. The number of benzene rings is 1. The number of aryl methyl sites for hydroxylation is 1. The summed E-state index contributed by atoms with van der Waals surface area (Å²) in [7, 11) is 0. The highest BCUT2D eigenvalue weighted by atomic mass is 32.1. The smallest absolute Gasteiger partial charge is 0.131 e. The Bertz CT molecular complexity index is 584. The Balaban J connectivity index is 1.80. The first-order chi connectivity index (χ1) is 9.72. The molecule has 1 aromatic heterocycles. The molecule has 0 spiro atoms. The molecule has 1 unspecified atom stereocenters. The SMILES string of the molecule is Cc1nnc(CN2CCCCC2c2cccc(F)c2)s1. The third kappa shape index (κ3) is 3.04. The number of hydrogen-bond donors (Lipinski definition) is 0. The van der Waals surface area contributed by atoms with E-state index in [4.69, 9.17) is 0 Å². The lowest BCUT2D eigenvalue weighted by molar-refractivity contribution is 0.140. The fourth-order valence-electron chi connectivity index (χ4n) is 2.85. The van der Waals surface area contributed by atoms with E-state index < -0.39 is 0 Å². The molecule has 1 fully saturated rings. The number of nitrogens with zero attached hydrogens (tertiary/aromatic N) is 3. The Hall–Kier alpha value is -1.33. The van der Waals surface area contributed by atoms with Crippen molar-refractivity contribution in [3.63, 3.8) is 0 Å². The van der Waals surface area contributed by atoms with Gasteiger partial charge in [-0.1, -0.05) is 18.6 Å². The number of rotatable bonds is 3. The fourth-order valence-corrected chi connectivity index (χ4v) is 3.58. The van der Waals surface area contributed by atoms with E-state index in [-0.39, 0.29) is 5.82 Å². The molecule has 3 rings (SSSR count). The van der Waals surface area contributed by atoms with Gasteiger partial charge in [0.25, 0.3) is 0 Å². The molecule has 0 aliphatic carbocycles. The molecule has 0 bridgehead atoms. The van der Waals surface area contributed by atoms with Crippen LogP contribution in [0.2, 0.25) is 0 Å². The number of hydrogen-bond acceptors (Lipinski definition) is 4. The van der Waals surface area contributed by atoms with Gasteiger partial charge in [-0.05, 0) is 44.0 Å². The average molecular weight is 291 g/mol. The maximum atomic E-state index is 13.4. The summed E-state index contributed by atoms with van der Waals surface area (Å²) in [5.41, 5.74) is 1.07. The maximum Gasteiger partial charge on any atom is 0.131 e. The maximum absolute atomic E-state index is 13.4. The second-order valence-electron chi connectivity index (χ2n) is 5.25. The monoisotopic (exact) mass is 291 g/mol. The van der Waals surface area contributed by atoms with Crippen molar-refractivity contribution in [2.45, 2.75) is 38.8 Å². The molecule has 1 aromatic carbocycles. The molecule has 1 saturated heterocycles. The van der Waals surface area contributed by atoms with Crippen LogP contribution in [-0.4, -0.2) is 21.6 Å². The van der Waals surface area contributed by atoms with Gasteiger partial charge in [0.2, 0.25) is 0 Å². The lowest BCUT2D eigenvalue weighted by Gasteiger charge is -2.35. The minimum Gasteiger partial charge on any atom is -0.290 e. The van der Waals surface area contributed by atoms with Crippen LogP contribution in [0, 0.1) is 12.7 Å². The first-order valence-electron chi connectivity index (χ1n) is 7.01. The Labute approximate surface area is 122 Å². The molecule has 20 heavy (non-hydrogen) atoms. The van der Waals surface area contributed by atoms with Crippen molar-refractivity contribution >= 4 is 11.3 Å². The molecule has 0 radical (unpaired) electrons. The predicted molar refractivity (Wildman–Crippen MR) is 78.0 cm³/mol. The van der Waals surface area contributed by atoms with Crippen molar-refractivity contribution < 1.29 is 4.39 Å². The van der Waals surface area contributed by atoms with Gasteiger partial charge in [-0.2, -0.15) is 0 Å². The van der Waals surface area contributed by atoms with Crippen LogP contribution >= 0.6 is 11.3 Å². The Morgan fingerprint density at radius 2 is 2.25 bits per heavy atom. The zero-order valence-electron chi connectivity index (χ0n) is 11.6. The molecular formula is C15H18FN3S. The van der Waals surface area contributed by atoms with Gasteiger partial charge in [0, 0.05) is 6.04 Å². The van der Waals surface area contributed by atoms with Gasteiger partial charge >= 0.3 is 0 Å². The zero-order valence-corrected chi connectivity index (χ0v) is 12.4. The molecule has 1 aliphatic rings. The van der Waals surface area contributed by atoms with Gasteiger partial charge in [-0.25, -0.2) is 4.39 Å². The molecule has 3 nitrogen and oxygen atoms in total. The molecule has 0 N–H and O–H groups in total. The van der Waals surface area contributed by atoms with Crippen molar-refractivity contribution in [3.05, 3.63) is 45.7 Å². The van der Waals surface area contributed by atoms with Gasteiger partial charge in [-0.15, -0.1) is 21.5 Å². The standard InChI is InChI=1S/C15H18FN3S/c1-11-17-18-15(20-11)10-19-8-3-2-7-14(19)12-5-4-6-13(16)9-12/h4-6,9,14H,2-3,7-8,10H2,1H3. The van der Waals surface area contributed by atoms with Crippen LogP contribution in [0.15, 0.2) is 24.3 Å². The van der Waals surface area contributed by atoms with Crippen LogP contribution < -0.4 is 0 Å². The quantitative estimate of drug-likeness (QED) is 0.863. The highest BCUT2D eigenvalue weighted by molar-refractivity contribution is 7.11. The molecule has 1 aliphatic heterocycles. The highest BCUT2D eigenvalue weighted by Gasteiger charge is 2.25. The van der Waals surface area contributed by atoms with E-state index in [0.717, 1.165) is 35.1 Å². The van der Waals surface area contributed by atoms with E-state index in [2.05, 4.69) is 15.1 Å². The molecule has 2 aromatic rings. The number of aromatic nitrogens is 2. The highest BCUT2D eigenvalue weighted by Crippen LogP contribution is 2.32. The molecule has 106 valence electrons. The summed E-state index contributed by atoms with van der Waals surface area (Å²) in [6.07, 6.45) is 3.48. The van der Waals surface area contributed by atoms with E-state index >= 15 is 0 Å². The van der Waals surface area contributed by atoms with Gasteiger partial charge in [0.1, 0.15) is 15.8 Å². The second kappa shape index (κ2) is 5.97. The fraction of sp³-hybridized carbons (Fsp3) is 0.467. The largest absolute Gasteiger partial charge is 0.290 e. The Morgan fingerprint density at radius 3 is 3.00 bits per heavy atom. The predicted octanol–water partition coefficient (Wildman–Crippen LogP) is 3.71. The summed E-state index contributed by atoms with van der Waals surface area (Å²) in [6.45, 7) is 3.83. The lowest BCUT2D eigenvalue weighted by Crippen LogP contribution is -2.32. The van der Waals surface area contributed by atoms with Gasteiger partial charge in [0.15, 0.2) is 0 Å². The summed E-state index contributed by atoms with van der Waals surface area (Å²) in [5.74, 6) is -0.153. The van der Waals surface area contributed by atoms with Crippen LogP contribution in [0.3, 0.4) is 0 Å². The number of piperidine rings is 1. The first kappa shape index (κ1) is 13.6.